The molecular formula is C9H12O3S. The molecule has 0 amide bonds. The number of aliphatic hydroxyl groups excluding tert-OH is 2. The minimum Gasteiger partial charge on any atom is -0.390 e. The van der Waals surface area contributed by atoms with Crippen LogP contribution in [0.2, 0.25) is 0 Å². The Hall–Kier alpha value is -0.0600. The third kappa shape index (κ3) is 0.671. The zero-order valence-corrected chi connectivity index (χ0v) is 8.12. The topological polar surface area (TPSA) is 57.5 Å². The van der Waals surface area contributed by atoms with Gasteiger partial charge in [0.2, 0.25) is 0 Å². The molecule has 0 heterocycles. The highest BCUT2D eigenvalue weighted by Gasteiger charge is 2.83. The normalized spacial score (nSPS) is 61.3. The standard InChI is InChI=1S/C9H12O3S/c1-3(10)13-9-2-4-5(9)7(11)8(12)6(4)9/h4-8,11-12H,2H2,1H3/t4?,5-,6+,7+,8-,9?. The first-order chi connectivity index (χ1) is 6.08. The number of carbonyl (C=O) groups excluding carboxylic acids is 1. The molecule has 0 saturated heterocycles. The van der Waals surface area contributed by atoms with Gasteiger partial charge in [-0.2, -0.15) is 0 Å². The Morgan fingerprint density at radius 3 is 2.23 bits per heavy atom. The molecular weight excluding hydrogens is 188 g/mol. The van der Waals surface area contributed by atoms with E-state index in [4.69, 9.17) is 0 Å². The molecule has 5 fully saturated rings. The van der Waals surface area contributed by atoms with Crippen molar-refractivity contribution in [2.45, 2.75) is 30.3 Å². The van der Waals surface area contributed by atoms with Gasteiger partial charge in [-0.3, -0.25) is 4.79 Å². The van der Waals surface area contributed by atoms with Crippen molar-refractivity contribution >= 4 is 16.9 Å². The van der Waals surface area contributed by atoms with Crippen molar-refractivity contribution in [1.82, 2.24) is 0 Å². The Labute approximate surface area is 80.5 Å². The van der Waals surface area contributed by atoms with Crippen LogP contribution in [0.1, 0.15) is 13.3 Å². The molecule has 5 saturated carbocycles. The van der Waals surface area contributed by atoms with E-state index >= 15 is 0 Å². The van der Waals surface area contributed by atoms with Gasteiger partial charge >= 0.3 is 0 Å². The van der Waals surface area contributed by atoms with Crippen LogP contribution in [0.3, 0.4) is 0 Å². The van der Waals surface area contributed by atoms with Gasteiger partial charge in [-0.25, -0.2) is 0 Å². The van der Waals surface area contributed by atoms with Gasteiger partial charge in [0.1, 0.15) is 0 Å². The molecule has 4 heteroatoms. The molecule has 13 heavy (non-hydrogen) atoms. The fourth-order valence-corrected chi connectivity index (χ4v) is 5.29. The van der Waals surface area contributed by atoms with Gasteiger partial charge in [-0.1, -0.05) is 11.8 Å². The molecule has 5 aliphatic carbocycles. The molecule has 0 spiro atoms. The smallest absolute Gasteiger partial charge is 0.186 e. The number of hydrogen-bond acceptors (Lipinski definition) is 4. The summed E-state index contributed by atoms with van der Waals surface area (Å²) in [6.45, 7) is 1.56. The predicted octanol–water partition coefficient (Wildman–Crippen LogP) is 0.00620. The molecule has 4 bridgehead atoms. The summed E-state index contributed by atoms with van der Waals surface area (Å²) < 4.78 is -0.0741. The highest BCUT2D eigenvalue weighted by atomic mass is 32.2. The Morgan fingerprint density at radius 1 is 1.38 bits per heavy atom. The molecule has 0 aromatic heterocycles. The average Bonchev–Trinajstić information content (AvgIpc) is 2.25. The number of rotatable bonds is 1. The van der Waals surface area contributed by atoms with Gasteiger partial charge in [0, 0.05) is 23.5 Å². The molecule has 6 atom stereocenters. The van der Waals surface area contributed by atoms with Crippen molar-refractivity contribution in [3.8, 4) is 0 Å². The summed E-state index contributed by atoms with van der Waals surface area (Å²) in [4.78, 5) is 11.0. The average molecular weight is 200 g/mol. The largest absolute Gasteiger partial charge is 0.390 e. The Balaban J connectivity index is 1.86. The monoisotopic (exact) mass is 200 g/mol. The molecule has 0 aromatic carbocycles. The first-order valence-electron chi connectivity index (χ1n) is 4.63. The van der Waals surface area contributed by atoms with Crippen LogP contribution in [-0.4, -0.2) is 32.3 Å². The van der Waals surface area contributed by atoms with Crippen molar-refractivity contribution in [2.24, 2.45) is 17.8 Å². The Morgan fingerprint density at radius 2 is 1.92 bits per heavy atom. The second kappa shape index (κ2) is 2.12. The second-order valence-electron chi connectivity index (χ2n) is 4.45. The fraction of sp³-hybridized carbons (Fsp3) is 0.889. The first kappa shape index (κ1) is 8.26. The van der Waals surface area contributed by atoms with E-state index in [0.717, 1.165) is 6.42 Å². The third-order valence-electron chi connectivity index (χ3n) is 4.03. The van der Waals surface area contributed by atoms with Gasteiger partial charge in [0.25, 0.3) is 0 Å². The Bertz CT molecular complexity index is 275. The molecule has 0 radical (unpaired) electrons. The number of carbonyl (C=O) groups is 1. The van der Waals surface area contributed by atoms with Crippen molar-refractivity contribution in [2.75, 3.05) is 0 Å². The number of hydrogen-bond donors (Lipinski definition) is 2. The van der Waals surface area contributed by atoms with E-state index in [1.807, 2.05) is 0 Å². The molecule has 72 valence electrons. The lowest BCUT2D eigenvalue weighted by Gasteiger charge is -2.68. The highest BCUT2D eigenvalue weighted by molar-refractivity contribution is 8.14. The third-order valence-corrected chi connectivity index (χ3v) is 5.40. The van der Waals surface area contributed by atoms with Crippen LogP contribution in [0, 0.1) is 17.8 Å². The van der Waals surface area contributed by atoms with Crippen LogP contribution >= 0.6 is 11.8 Å². The molecule has 5 rings (SSSR count). The minimum atomic E-state index is -0.574. The van der Waals surface area contributed by atoms with E-state index in [2.05, 4.69) is 0 Å². The van der Waals surface area contributed by atoms with Crippen molar-refractivity contribution in [3.63, 3.8) is 0 Å². The van der Waals surface area contributed by atoms with E-state index in [9.17, 15) is 15.0 Å². The maximum Gasteiger partial charge on any atom is 0.186 e. The van der Waals surface area contributed by atoms with E-state index in [1.165, 1.54) is 11.8 Å². The first-order valence-corrected chi connectivity index (χ1v) is 5.45. The molecule has 2 unspecified atom stereocenters. The molecule has 3 nitrogen and oxygen atoms in total. The fourth-order valence-electron chi connectivity index (χ4n) is 3.58. The van der Waals surface area contributed by atoms with Crippen molar-refractivity contribution < 1.29 is 15.0 Å². The number of aliphatic hydroxyl groups is 2. The summed E-state index contributed by atoms with van der Waals surface area (Å²) >= 11 is 1.34. The zero-order valence-electron chi connectivity index (χ0n) is 7.30. The molecule has 0 aromatic rings. The van der Waals surface area contributed by atoms with Crippen molar-refractivity contribution in [1.29, 1.82) is 0 Å². The minimum absolute atomic E-state index is 0.0741. The summed E-state index contributed by atoms with van der Waals surface area (Å²) in [5, 5.41) is 19.3. The molecule has 0 aliphatic heterocycles. The lowest BCUT2D eigenvalue weighted by atomic mass is 9.45. The molecule has 5 aliphatic rings. The maximum atomic E-state index is 11.0. The lowest BCUT2D eigenvalue weighted by Crippen LogP contribution is -2.70. The van der Waals surface area contributed by atoms with Crippen LogP contribution in [-0.2, 0) is 4.79 Å². The van der Waals surface area contributed by atoms with E-state index in [-0.39, 0.29) is 21.7 Å². The Kier molecular flexibility index (Phi) is 1.35. The lowest BCUT2D eigenvalue weighted by molar-refractivity contribution is -0.113. The predicted molar refractivity (Wildman–Crippen MR) is 48.1 cm³/mol. The van der Waals surface area contributed by atoms with Crippen LogP contribution in [0.25, 0.3) is 0 Å². The van der Waals surface area contributed by atoms with Crippen LogP contribution in [0.15, 0.2) is 0 Å². The SMILES string of the molecule is CC(=O)SC12CC3[C@@H]1[C@H](O)[C@H](O)[C@H]32. The van der Waals surface area contributed by atoms with Crippen LogP contribution in [0.5, 0.6) is 0 Å². The van der Waals surface area contributed by atoms with E-state index < -0.39 is 12.2 Å². The van der Waals surface area contributed by atoms with Gasteiger partial charge in [0.05, 0.1) is 12.2 Å². The van der Waals surface area contributed by atoms with Gasteiger partial charge in [0.15, 0.2) is 5.12 Å². The van der Waals surface area contributed by atoms with Crippen LogP contribution < -0.4 is 0 Å². The van der Waals surface area contributed by atoms with Gasteiger partial charge in [-0.15, -0.1) is 0 Å². The maximum absolute atomic E-state index is 11.0. The second-order valence-corrected chi connectivity index (χ2v) is 5.99. The molecule has 2 N–H and O–H groups in total. The summed E-state index contributed by atoms with van der Waals surface area (Å²) in [7, 11) is 0. The zero-order chi connectivity index (χ0) is 9.38. The summed E-state index contributed by atoms with van der Waals surface area (Å²) in [5.74, 6) is 0.889. The van der Waals surface area contributed by atoms with Crippen molar-refractivity contribution in [3.05, 3.63) is 0 Å². The van der Waals surface area contributed by atoms with E-state index in [1.54, 1.807) is 6.92 Å². The number of fused-ring (bicyclic) bond motifs is 1. The number of thioether (sulfide) groups is 1. The highest BCUT2D eigenvalue weighted by Crippen LogP contribution is 2.79. The quantitative estimate of drug-likeness (QED) is 0.626. The summed E-state index contributed by atoms with van der Waals surface area (Å²) in [6.07, 6.45) is -0.132. The van der Waals surface area contributed by atoms with Crippen LogP contribution in [0.4, 0.5) is 0 Å². The van der Waals surface area contributed by atoms with Gasteiger partial charge in [-0.05, 0) is 12.3 Å². The van der Waals surface area contributed by atoms with Gasteiger partial charge < -0.3 is 10.2 Å². The summed E-state index contributed by atoms with van der Waals surface area (Å²) in [6, 6.07) is 0. The summed E-state index contributed by atoms with van der Waals surface area (Å²) in [5.41, 5.74) is 0. The van der Waals surface area contributed by atoms with E-state index in [0.29, 0.717) is 5.92 Å².